The van der Waals surface area contributed by atoms with Gasteiger partial charge in [-0.2, -0.15) is 0 Å². The average Bonchev–Trinajstić information content (AvgIpc) is 3.40. The quantitative estimate of drug-likeness (QED) is 0.812. The first kappa shape index (κ1) is 19.8. The standard InChI is InChI=1S/C22H28N4O3S/c1-2-15-3-4-17(30-15)20(28)25-9-7-22(8-10-25)6-5-16-18(22)23-21(24-19(16)27)26-11-13-29-14-12-26/h3-4H,2,5-14H2,1H3,(H,23,24,27). The van der Waals surface area contributed by atoms with Crippen molar-refractivity contribution in [2.45, 2.75) is 44.4 Å². The number of carbonyl (C=O) groups is 1. The largest absolute Gasteiger partial charge is 0.378 e. The molecule has 0 atom stereocenters. The number of ether oxygens (including phenoxy) is 1. The number of carbonyl (C=O) groups excluding carboxylic acids is 1. The first-order valence-corrected chi connectivity index (χ1v) is 11.8. The highest BCUT2D eigenvalue weighted by atomic mass is 32.1. The van der Waals surface area contributed by atoms with Crippen LogP contribution in [0.25, 0.3) is 0 Å². The van der Waals surface area contributed by atoms with Gasteiger partial charge in [0.1, 0.15) is 0 Å². The van der Waals surface area contributed by atoms with Crippen molar-refractivity contribution >= 4 is 23.2 Å². The summed E-state index contributed by atoms with van der Waals surface area (Å²) in [6.45, 7) is 6.37. The average molecular weight is 429 g/mol. The number of H-pyrrole nitrogens is 1. The lowest BCUT2D eigenvalue weighted by Gasteiger charge is -2.39. The van der Waals surface area contributed by atoms with E-state index in [1.165, 1.54) is 4.88 Å². The molecule has 2 aromatic heterocycles. The summed E-state index contributed by atoms with van der Waals surface area (Å²) >= 11 is 1.60. The van der Waals surface area contributed by atoms with E-state index in [0.29, 0.717) is 19.2 Å². The van der Waals surface area contributed by atoms with Crippen LogP contribution in [-0.2, 0) is 23.0 Å². The fourth-order valence-electron chi connectivity index (χ4n) is 5.03. The molecule has 7 nitrogen and oxygen atoms in total. The number of fused-ring (bicyclic) bond motifs is 2. The van der Waals surface area contributed by atoms with Gasteiger partial charge in [-0.15, -0.1) is 11.3 Å². The molecule has 8 heteroatoms. The number of rotatable bonds is 3. The van der Waals surface area contributed by atoms with Crippen LogP contribution in [0.4, 0.5) is 5.95 Å². The Morgan fingerprint density at radius 1 is 1.20 bits per heavy atom. The number of likely N-dealkylation sites (tertiary alicyclic amines) is 1. The second-order valence-electron chi connectivity index (χ2n) is 8.51. The van der Waals surface area contributed by atoms with Crippen molar-refractivity contribution in [3.8, 4) is 0 Å². The molecule has 2 saturated heterocycles. The Balaban J connectivity index is 1.36. The van der Waals surface area contributed by atoms with E-state index in [1.807, 2.05) is 11.0 Å². The normalized spacial score (nSPS) is 20.6. The maximum Gasteiger partial charge on any atom is 0.263 e. The third-order valence-corrected chi connectivity index (χ3v) is 8.12. The minimum absolute atomic E-state index is 0.00236. The van der Waals surface area contributed by atoms with Gasteiger partial charge < -0.3 is 14.5 Å². The predicted molar refractivity (Wildman–Crippen MR) is 117 cm³/mol. The number of nitrogens with zero attached hydrogens (tertiary/aromatic N) is 3. The first-order valence-electron chi connectivity index (χ1n) is 10.9. The fraction of sp³-hybridized carbons (Fsp3) is 0.591. The minimum Gasteiger partial charge on any atom is -0.378 e. The van der Waals surface area contributed by atoms with Crippen LogP contribution in [0.1, 0.15) is 52.0 Å². The molecule has 2 fully saturated rings. The zero-order chi connectivity index (χ0) is 20.7. The lowest BCUT2D eigenvalue weighted by atomic mass is 9.76. The van der Waals surface area contributed by atoms with Gasteiger partial charge in [0.05, 0.1) is 23.8 Å². The van der Waals surface area contributed by atoms with Gasteiger partial charge in [0.15, 0.2) is 0 Å². The second kappa shape index (κ2) is 7.81. The Morgan fingerprint density at radius 3 is 2.67 bits per heavy atom. The molecule has 1 amide bonds. The molecule has 160 valence electrons. The van der Waals surface area contributed by atoms with Crippen LogP contribution in [0.5, 0.6) is 0 Å². The van der Waals surface area contributed by atoms with Crippen molar-refractivity contribution < 1.29 is 9.53 Å². The Morgan fingerprint density at radius 2 is 1.97 bits per heavy atom. The highest BCUT2D eigenvalue weighted by molar-refractivity contribution is 7.14. The number of nitrogens with one attached hydrogen (secondary N) is 1. The number of piperidine rings is 1. The van der Waals surface area contributed by atoms with Crippen molar-refractivity contribution in [3.63, 3.8) is 0 Å². The fourth-order valence-corrected chi connectivity index (χ4v) is 5.94. The van der Waals surface area contributed by atoms with Crippen LogP contribution >= 0.6 is 11.3 Å². The number of amides is 1. The van der Waals surface area contributed by atoms with E-state index in [4.69, 9.17) is 9.72 Å². The summed E-state index contributed by atoms with van der Waals surface area (Å²) < 4.78 is 5.44. The SMILES string of the molecule is CCc1ccc(C(=O)N2CCC3(CCc4c3nc(N3CCOCC3)[nH]c4=O)CC2)s1. The van der Waals surface area contributed by atoms with Crippen LogP contribution < -0.4 is 10.5 Å². The van der Waals surface area contributed by atoms with E-state index in [1.54, 1.807) is 11.3 Å². The van der Waals surface area contributed by atoms with Crippen molar-refractivity contribution in [1.82, 2.24) is 14.9 Å². The number of anilines is 1. The molecule has 0 radical (unpaired) electrons. The smallest absolute Gasteiger partial charge is 0.263 e. The highest BCUT2D eigenvalue weighted by Gasteiger charge is 2.45. The van der Waals surface area contributed by atoms with E-state index in [9.17, 15) is 9.59 Å². The molecule has 1 N–H and O–H groups in total. The molecular weight excluding hydrogens is 400 g/mol. The third kappa shape index (κ3) is 3.36. The number of aromatic amines is 1. The van der Waals surface area contributed by atoms with Crippen molar-refractivity contribution in [2.75, 3.05) is 44.3 Å². The van der Waals surface area contributed by atoms with Crippen LogP contribution in [0.3, 0.4) is 0 Å². The van der Waals surface area contributed by atoms with Gasteiger partial charge >= 0.3 is 0 Å². The van der Waals surface area contributed by atoms with Crippen molar-refractivity contribution in [1.29, 1.82) is 0 Å². The summed E-state index contributed by atoms with van der Waals surface area (Å²) in [7, 11) is 0. The molecule has 0 saturated carbocycles. The van der Waals surface area contributed by atoms with E-state index in [0.717, 1.165) is 74.4 Å². The van der Waals surface area contributed by atoms with E-state index in [-0.39, 0.29) is 16.9 Å². The summed E-state index contributed by atoms with van der Waals surface area (Å²) in [6.07, 6.45) is 4.43. The molecular formula is C22H28N4O3S. The molecule has 5 rings (SSSR count). The predicted octanol–water partition coefficient (Wildman–Crippen LogP) is 2.35. The highest BCUT2D eigenvalue weighted by Crippen LogP contribution is 2.44. The lowest BCUT2D eigenvalue weighted by molar-refractivity contribution is 0.0668. The topological polar surface area (TPSA) is 78.5 Å². The number of aryl methyl sites for hydroxylation is 1. The molecule has 2 aliphatic heterocycles. The molecule has 30 heavy (non-hydrogen) atoms. The van der Waals surface area contributed by atoms with Crippen LogP contribution in [0, 0.1) is 0 Å². The second-order valence-corrected chi connectivity index (χ2v) is 9.68. The molecule has 2 aromatic rings. The molecule has 4 heterocycles. The van der Waals surface area contributed by atoms with Crippen molar-refractivity contribution in [2.24, 2.45) is 0 Å². The zero-order valence-electron chi connectivity index (χ0n) is 17.4. The summed E-state index contributed by atoms with van der Waals surface area (Å²) in [5, 5.41) is 0. The number of hydrogen-bond acceptors (Lipinski definition) is 6. The number of thiophene rings is 1. The number of aromatic nitrogens is 2. The molecule has 0 bridgehead atoms. The van der Waals surface area contributed by atoms with Crippen LogP contribution in [0.2, 0.25) is 0 Å². The van der Waals surface area contributed by atoms with Gasteiger partial charge in [0.25, 0.3) is 11.5 Å². The Kier molecular flexibility index (Phi) is 5.14. The Hall–Kier alpha value is -2.19. The van der Waals surface area contributed by atoms with Crippen LogP contribution in [-0.4, -0.2) is 60.2 Å². The zero-order valence-corrected chi connectivity index (χ0v) is 18.2. The molecule has 0 aromatic carbocycles. The van der Waals surface area contributed by atoms with Gasteiger partial charge in [0, 0.05) is 42.0 Å². The summed E-state index contributed by atoms with van der Waals surface area (Å²) in [6, 6.07) is 4.01. The van der Waals surface area contributed by atoms with Crippen molar-refractivity contribution in [3.05, 3.63) is 43.5 Å². The van der Waals surface area contributed by atoms with Gasteiger partial charge in [-0.3, -0.25) is 14.6 Å². The first-order chi connectivity index (χ1) is 14.6. The molecule has 1 aliphatic carbocycles. The van der Waals surface area contributed by atoms with Crippen LogP contribution in [0.15, 0.2) is 16.9 Å². The molecule has 0 unspecified atom stereocenters. The van der Waals surface area contributed by atoms with E-state index < -0.39 is 0 Å². The Labute approximate surface area is 180 Å². The third-order valence-electron chi connectivity index (χ3n) is 6.90. The van der Waals surface area contributed by atoms with Gasteiger partial charge in [-0.05, 0) is 44.2 Å². The summed E-state index contributed by atoms with van der Waals surface area (Å²) in [4.78, 5) is 39.8. The molecule has 1 spiro atoms. The maximum atomic E-state index is 12.9. The van der Waals surface area contributed by atoms with Gasteiger partial charge in [-0.25, -0.2) is 4.98 Å². The van der Waals surface area contributed by atoms with Gasteiger partial charge in [-0.1, -0.05) is 6.92 Å². The molecule has 3 aliphatic rings. The van der Waals surface area contributed by atoms with E-state index >= 15 is 0 Å². The summed E-state index contributed by atoms with van der Waals surface area (Å²) in [5.41, 5.74) is 1.75. The monoisotopic (exact) mass is 428 g/mol. The number of hydrogen-bond donors (Lipinski definition) is 1. The number of morpholine rings is 1. The lowest BCUT2D eigenvalue weighted by Crippen LogP contribution is -2.45. The van der Waals surface area contributed by atoms with E-state index in [2.05, 4.69) is 22.9 Å². The summed E-state index contributed by atoms with van der Waals surface area (Å²) in [5.74, 6) is 0.813. The maximum absolute atomic E-state index is 12.9. The minimum atomic E-state index is -0.0779. The van der Waals surface area contributed by atoms with Gasteiger partial charge in [0.2, 0.25) is 5.95 Å². The Bertz CT molecular complexity index is 1000.